The second-order valence-corrected chi connectivity index (χ2v) is 4.08. The lowest BCUT2D eigenvalue weighted by Gasteiger charge is -2.16. The van der Waals surface area contributed by atoms with E-state index in [9.17, 15) is 4.39 Å². The highest BCUT2D eigenvalue weighted by molar-refractivity contribution is 5.32. The van der Waals surface area contributed by atoms with Crippen LogP contribution in [-0.4, -0.2) is 19.7 Å². The summed E-state index contributed by atoms with van der Waals surface area (Å²) in [6.07, 6.45) is 2.24. The van der Waals surface area contributed by atoms with Gasteiger partial charge in [-0.2, -0.15) is 0 Å². The summed E-state index contributed by atoms with van der Waals surface area (Å²) in [5, 5.41) is 3.10. The van der Waals surface area contributed by atoms with Crippen molar-refractivity contribution >= 4 is 0 Å². The average Bonchev–Trinajstić information content (AvgIpc) is 2.23. The first-order valence-corrected chi connectivity index (χ1v) is 5.71. The van der Waals surface area contributed by atoms with E-state index in [1.807, 2.05) is 20.9 Å². The highest BCUT2D eigenvalue weighted by Gasteiger charge is 2.06. The Labute approximate surface area is 96.8 Å². The summed E-state index contributed by atoms with van der Waals surface area (Å²) in [7, 11) is 1.94. The Kier molecular flexibility index (Phi) is 5.26. The van der Waals surface area contributed by atoms with Crippen molar-refractivity contribution in [3.05, 3.63) is 29.6 Å². The topological polar surface area (TPSA) is 21.3 Å². The molecule has 1 aromatic rings. The molecule has 1 N–H and O–H groups in total. The molecule has 0 aliphatic rings. The lowest BCUT2D eigenvalue weighted by atomic mass is 10.2. The maximum absolute atomic E-state index is 12.9. The SMILES string of the molecule is CNCCCC(C)Oc1ccc(F)cc1C. The minimum atomic E-state index is -0.215. The third-order valence-corrected chi connectivity index (χ3v) is 2.50. The molecule has 0 radical (unpaired) electrons. The summed E-state index contributed by atoms with van der Waals surface area (Å²) in [5.41, 5.74) is 0.848. The van der Waals surface area contributed by atoms with Gasteiger partial charge in [0.2, 0.25) is 0 Å². The van der Waals surface area contributed by atoms with Crippen LogP contribution in [0.2, 0.25) is 0 Å². The number of ether oxygens (including phenoxy) is 1. The molecule has 16 heavy (non-hydrogen) atoms. The van der Waals surface area contributed by atoms with Gasteiger partial charge in [0, 0.05) is 0 Å². The fraction of sp³-hybridized carbons (Fsp3) is 0.538. The van der Waals surface area contributed by atoms with Crippen molar-refractivity contribution in [1.29, 1.82) is 0 Å². The molecule has 0 heterocycles. The molecule has 1 unspecified atom stereocenters. The van der Waals surface area contributed by atoms with Crippen LogP contribution < -0.4 is 10.1 Å². The van der Waals surface area contributed by atoms with Crippen LogP contribution in [0.15, 0.2) is 18.2 Å². The van der Waals surface area contributed by atoms with E-state index in [-0.39, 0.29) is 11.9 Å². The predicted octanol–water partition coefficient (Wildman–Crippen LogP) is 2.90. The third kappa shape index (κ3) is 4.19. The number of nitrogens with one attached hydrogen (secondary N) is 1. The Morgan fingerprint density at radius 2 is 2.19 bits per heavy atom. The molecule has 0 aliphatic heterocycles. The van der Waals surface area contributed by atoms with E-state index in [0.29, 0.717) is 0 Å². The Bertz CT molecular complexity index is 328. The van der Waals surface area contributed by atoms with Crippen molar-refractivity contribution in [2.24, 2.45) is 0 Å². The van der Waals surface area contributed by atoms with Crippen LogP contribution in [0.4, 0.5) is 4.39 Å². The van der Waals surface area contributed by atoms with Crippen LogP contribution in [-0.2, 0) is 0 Å². The first-order chi connectivity index (χ1) is 7.63. The number of hydrogen-bond acceptors (Lipinski definition) is 2. The van der Waals surface area contributed by atoms with Gasteiger partial charge in [-0.1, -0.05) is 0 Å². The van der Waals surface area contributed by atoms with Gasteiger partial charge in [-0.05, 0) is 64.0 Å². The quantitative estimate of drug-likeness (QED) is 0.752. The smallest absolute Gasteiger partial charge is 0.123 e. The molecule has 0 aromatic heterocycles. The number of halogens is 1. The van der Waals surface area contributed by atoms with E-state index < -0.39 is 0 Å². The van der Waals surface area contributed by atoms with Crippen molar-refractivity contribution in [2.45, 2.75) is 32.8 Å². The summed E-state index contributed by atoms with van der Waals surface area (Å²) in [4.78, 5) is 0. The standard InChI is InChI=1S/C13H20FNO/c1-10-9-12(14)6-7-13(10)16-11(2)5-4-8-15-3/h6-7,9,11,15H,4-5,8H2,1-3H3. The molecule has 0 bridgehead atoms. The van der Waals surface area contributed by atoms with Gasteiger partial charge in [-0.15, -0.1) is 0 Å². The van der Waals surface area contributed by atoms with E-state index in [4.69, 9.17) is 4.74 Å². The fourth-order valence-electron chi connectivity index (χ4n) is 1.59. The minimum Gasteiger partial charge on any atom is -0.490 e. The van der Waals surface area contributed by atoms with Crippen LogP contribution >= 0.6 is 0 Å². The van der Waals surface area contributed by atoms with Gasteiger partial charge in [-0.3, -0.25) is 0 Å². The molecular weight excluding hydrogens is 205 g/mol. The van der Waals surface area contributed by atoms with Gasteiger partial charge < -0.3 is 10.1 Å². The minimum absolute atomic E-state index is 0.164. The van der Waals surface area contributed by atoms with Crippen LogP contribution in [0.25, 0.3) is 0 Å². The molecule has 0 saturated carbocycles. The highest BCUT2D eigenvalue weighted by Crippen LogP contribution is 2.20. The molecule has 0 aliphatic carbocycles. The number of benzene rings is 1. The van der Waals surface area contributed by atoms with Gasteiger partial charge in [-0.25, -0.2) is 4.39 Å². The molecular formula is C13H20FNO. The van der Waals surface area contributed by atoms with Gasteiger partial charge in [0.05, 0.1) is 6.10 Å². The highest BCUT2D eigenvalue weighted by atomic mass is 19.1. The van der Waals surface area contributed by atoms with Gasteiger partial charge >= 0.3 is 0 Å². The van der Waals surface area contributed by atoms with Crippen LogP contribution in [0.1, 0.15) is 25.3 Å². The monoisotopic (exact) mass is 225 g/mol. The zero-order valence-electron chi connectivity index (χ0n) is 10.2. The van der Waals surface area contributed by atoms with Crippen molar-refractivity contribution in [1.82, 2.24) is 5.32 Å². The van der Waals surface area contributed by atoms with Crippen molar-refractivity contribution in [3.8, 4) is 5.75 Å². The normalized spacial score (nSPS) is 12.5. The molecule has 0 fully saturated rings. The molecule has 0 amide bonds. The van der Waals surface area contributed by atoms with E-state index >= 15 is 0 Å². The largest absolute Gasteiger partial charge is 0.490 e. The lowest BCUT2D eigenvalue weighted by Crippen LogP contribution is -2.16. The summed E-state index contributed by atoms with van der Waals surface area (Å²) in [6, 6.07) is 4.62. The fourth-order valence-corrected chi connectivity index (χ4v) is 1.59. The molecule has 0 spiro atoms. The van der Waals surface area contributed by atoms with Crippen molar-refractivity contribution in [3.63, 3.8) is 0 Å². The number of aryl methyl sites for hydroxylation is 1. The van der Waals surface area contributed by atoms with Crippen LogP contribution in [0.3, 0.4) is 0 Å². The first-order valence-electron chi connectivity index (χ1n) is 5.71. The zero-order chi connectivity index (χ0) is 12.0. The Hall–Kier alpha value is -1.09. The first kappa shape index (κ1) is 13.0. The molecule has 1 atom stereocenters. The van der Waals surface area contributed by atoms with Crippen LogP contribution in [0, 0.1) is 12.7 Å². The summed E-state index contributed by atoms with van der Waals surface area (Å²) in [6.45, 7) is 4.90. The molecule has 3 heteroatoms. The number of rotatable bonds is 6. The second-order valence-electron chi connectivity index (χ2n) is 4.08. The maximum atomic E-state index is 12.9. The number of hydrogen-bond donors (Lipinski definition) is 1. The molecule has 1 aromatic carbocycles. The Morgan fingerprint density at radius 3 is 2.81 bits per heavy atom. The maximum Gasteiger partial charge on any atom is 0.123 e. The molecule has 1 rings (SSSR count). The molecule has 0 saturated heterocycles. The average molecular weight is 225 g/mol. The van der Waals surface area contributed by atoms with E-state index in [1.54, 1.807) is 6.07 Å². The molecule has 2 nitrogen and oxygen atoms in total. The second kappa shape index (κ2) is 6.48. The summed E-state index contributed by atoms with van der Waals surface area (Å²) < 4.78 is 18.6. The summed E-state index contributed by atoms with van der Waals surface area (Å²) in [5.74, 6) is 0.561. The van der Waals surface area contributed by atoms with Gasteiger partial charge in [0.15, 0.2) is 0 Å². The Balaban J connectivity index is 2.46. The van der Waals surface area contributed by atoms with E-state index in [1.165, 1.54) is 12.1 Å². The van der Waals surface area contributed by atoms with E-state index in [2.05, 4.69) is 5.32 Å². The Morgan fingerprint density at radius 1 is 1.44 bits per heavy atom. The van der Waals surface area contributed by atoms with Crippen molar-refractivity contribution in [2.75, 3.05) is 13.6 Å². The van der Waals surface area contributed by atoms with Crippen LogP contribution in [0.5, 0.6) is 5.75 Å². The van der Waals surface area contributed by atoms with Gasteiger partial charge in [0.1, 0.15) is 11.6 Å². The van der Waals surface area contributed by atoms with Crippen molar-refractivity contribution < 1.29 is 9.13 Å². The molecule has 90 valence electrons. The lowest BCUT2D eigenvalue weighted by molar-refractivity contribution is 0.206. The predicted molar refractivity (Wildman–Crippen MR) is 64.4 cm³/mol. The zero-order valence-corrected chi connectivity index (χ0v) is 10.2. The van der Waals surface area contributed by atoms with Gasteiger partial charge in [0.25, 0.3) is 0 Å². The summed E-state index contributed by atoms with van der Waals surface area (Å²) >= 11 is 0. The third-order valence-electron chi connectivity index (χ3n) is 2.50. The van der Waals surface area contributed by atoms with E-state index in [0.717, 1.165) is 30.7 Å².